The van der Waals surface area contributed by atoms with Gasteiger partial charge in [0.1, 0.15) is 17.4 Å². The number of benzene rings is 1. The van der Waals surface area contributed by atoms with Crippen LogP contribution >= 0.6 is 0 Å². The highest BCUT2D eigenvalue weighted by Gasteiger charge is 2.18. The Bertz CT molecular complexity index is 436. The van der Waals surface area contributed by atoms with E-state index in [1.807, 2.05) is 6.07 Å². The minimum Gasteiger partial charge on any atom is -0.497 e. The van der Waals surface area contributed by atoms with Crippen molar-refractivity contribution in [1.29, 1.82) is 5.26 Å². The van der Waals surface area contributed by atoms with E-state index >= 15 is 0 Å². The van der Waals surface area contributed by atoms with Crippen LogP contribution in [0, 0.1) is 17.2 Å². The summed E-state index contributed by atoms with van der Waals surface area (Å²) in [6.07, 6.45) is 0.307. The second-order valence-electron chi connectivity index (χ2n) is 3.75. The Balaban J connectivity index is 2.39. The molecule has 0 aliphatic rings. The smallest absolute Gasteiger partial charge is 0.323 e. The van der Waals surface area contributed by atoms with E-state index in [1.54, 1.807) is 38.3 Å². The van der Waals surface area contributed by atoms with Crippen LogP contribution in [-0.2, 0) is 9.53 Å². The van der Waals surface area contributed by atoms with Gasteiger partial charge in [0.15, 0.2) is 0 Å². The molecule has 5 heteroatoms. The van der Waals surface area contributed by atoms with Crippen LogP contribution in [0.1, 0.15) is 13.3 Å². The topological polar surface area (TPSA) is 68.6 Å². The summed E-state index contributed by atoms with van der Waals surface area (Å²) in [4.78, 5) is 11.4. The number of nitrogens with zero attached hydrogens (tertiary/aromatic N) is 1. The number of methoxy groups -OCH3 is 1. The van der Waals surface area contributed by atoms with Crippen molar-refractivity contribution in [3.63, 3.8) is 0 Å². The van der Waals surface area contributed by atoms with Crippen molar-refractivity contribution in [3.05, 3.63) is 24.3 Å². The molecule has 0 fully saturated rings. The highest BCUT2D eigenvalue weighted by Crippen LogP contribution is 2.17. The fraction of sp³-hybridized carbons (Fsp3) is 0.429. The average molecular weight is 263 g/mol. The van der Waals surface area contributed by atoms with Crippen molar-refractivity contribution in [3.8, 4) is 17.6 Å². The van der Waals surface area contributed by atoms with Gasteiger partial charge < -0.3 is 14.2 Å². The molecule has 0 aliphatic carbocycles. The van der Waals surface area contributed by atoms with E-state index in [0.717, 1.165) is 5.75 Å². The average Bonchev–Trinajstić information content (AvgIpc) is 2.44. The molecule has 1 aromatic carbocycles. The molecular weight excluding hydrogens is 246 g/mol. The Kier molecular flexibility index (Phi) is 6.23. The van der Waals surface area contributed by atoms with Crippen LogP contribution in [0.4, 0.5) is 0 Å². The van der Waals surface area contributed by atoms with Crippen molar-refractivity contribution in [1.82, 2.24) is 0 Å². The van der Waals surface area contributed by atoms with Crippen LogP contribution in [0.15, 0.2) is 24.3 Å². The van der Waals surface area contributed by atoms with E-state index in [9.17, 15) is 4.79 Å². The third-order valence-corrected chi connectivity index (χ3v) is 2.46. The van der Waals surface area contributed by atoms with E-state index in [4.69, 9.17) is 19.5 Å². The summed E-state index contributed by atoms with van der Waals surface area (Å²) in [5.41, 5.74) is 0. The lowest BCUT2D eigenvalue weighted by atomic mass is 10.1. The lowest BCUT2D eigenvalue weighted by molar-refractivity contribution is -0.146. The van der Waals surface area contributed by atoms with Crippen LogP contribution in [0.2, 0.25) is 0 Å². The predicted molar refractivity (Wildman–Crippen MR) is 68.8 cm³/mol. The van der Waals surface area contributed by atoms with Crippen LogP contribution in [0.5, 0.6) is 11.5 Å². The molecule has 1 unspecified atom stereocenters. The molecule has 0 N–H and O–H groups in total. The molecule has 102 valence electrons. The summed E-state index contributed by atoms with van der Waals surface area (Å²) in [5, 5.41) is 8.87. The number of esters is 1. The molecule has 1 aromatic rings. The highest BCUT2D eigenvalue weighted by atomic mass is 16.5. The third-order valence-electron chi connectivity index (χ3n) is 2.46. The summed E-state index contributed by atoms with van der Waals surface area (Å²) >= 11 is 0. The summed E-state index contributed by atoms with van der Waals surface area (Å²) < 4.78 is 15.3. The van der Waals surface area contributed by atoms with Crippen LogP contribution < -0.4 is 9.47 Å². The minimum atomic E-state index is -0.779. The zero-order valence-electron chi connectivity index (χ0n) is 11.1. The lowest BCUT2D eigenvalue weighted by Gasteiger charge is -2.10. The molecule has 0 aromatic heterocycles. The Morgan fingerprint density at radius 1 is 1.32 bits per heavy atom. The molecule has 0 saturated carbocycles. The Morgan fingerprint density at radius 2 is 1.95 bits per heavy atom. The third kappa shape index (κ3) is 4.88. The fourth-order valence-electron chi connectivity index (χ4n) is 1.44. The number of carbonyl (C=O) groups excluding carboxylic acids is 1. The first-order valence-corrected chi connectivity index (χ1v) is 6.04. The largest absolute Gasteiger partial charge is 0.497 e. The molecule has 0 bridgehead atoms. The summed E-state index contributed by atoms with van der Waals surface area (Å²) in [7, 11) is 1.59. The maximum Gasteiger partial charge on any atom is 0.323 e. The number of hydrogen-bond acceptors (Lipinski definition) is 5. The molecule has 0 saturated heterocycles. The Hall–Kier alpha value is -2.22. The van der Waals surface area contributed by atoms with Gasteiger partial charge in [-0.25, -0.2) is 0 Å². The van der Waals surface area contributed by atoms with Gasteiger partial charge in [-0.2, -0.15) is 5.26 Å². The molecule has 0 spiro atoms. The van der Waals surface area contributed by atoms with Gasteiger partial charge >= 0.3 is 5.97 Å². The van der Waals surface area contributed by atoms with E-state index in [-0.39, 0.29) is 13.2 Å². The molecule has 1 rings (SSSR count). The quantitative estimate of drug-likeness (QED) is 0.705. The normalized spacial score (nSPS) is 11.2. The van der Waals surface area contributed by atoms with Gasteiger partial charge in [0.05, 0.1) is 26.4 Å². The second kappa shape index (κ2) is 7.98. The van der Waals surface area contributed by atoms with Gasteiger partial charge in [0.2, 0.25) is 0 Å². The number of rotatable bonds is 7. The van der Waals surface area contributed by atoms with Crippen molar-refractivity contribution >= 4 is 5.97 Å². The molecule has 19 heavy (non-hydrogen) atoms. The standard InChI is InChI=1S/C14H17NO4/c1-3-18-14(16)11(10-15)8-9-19-13-6-4-12(17-2)5-7-13/h4-7,11H,3,8-9H2,1-2H3. The van der Waals surface area contributed by atoms with Crippen LogP contribution in [0.25, 0.3) is 0 Å². The minimum absolute atomic E-state index is 0.274. The fourth-order valence-corrected chi connectivity index (χ4v) is 1.44. The molecule has 5 nitrogen and oxygen atoms in total. The molecule has 0 radical (unpaired) electrons. The Morgan fingerprint density at radius 3 is 2.47 bits per heavy atom. The first-order chi connectivity index (χ1) is 9.21. The molecular formula is C14H17NO4. The number of ether oxygens (including phenoxy) is 3. The van der Waals surface area contributed by atoms with Gasteiger partial charge in [0, 0.05) is 6.42 Å². The van der Waals surface area contributed by atoms with Gasteiger partial charge in [-0.05, 0) is 31.2 Å². The summed E-state index contributed by atoms with van der Waals surface area (Å²) in [6, 6.07) is 9.01. The van der Waals surface area contributed by atoms with E-state index in [2.05, 4.69) is 0 Å². The molecule has 1 atom stereocenters. The number of hydrogen-bond donors (Lipinski definition) is 0. The first-order valence-electron chi connectivity index (χ1n) is 6.04. The molecule has 0 aliphatic heterocycles. The SMILES string of the molecule is CCOC(=O)C(C#N)CCOc1ccc(OC)cc1. The van der Waals surface area contributed by atoms with Crippen molar-refractivity contribution < 1.29 is 19.0 Å². The van der Waals surface area contributed by atoms with Gasteiger partial charge in [-0.1, -0.05) is 0 Å². The Labute approximate surface area is 112 Å². The zero-order valence-corrected chi connectivity index (χ0v) is 11.1. The molecule has 0 heterocycles. The summed E-state index contributed by atoms with van der Waals surface area (Å²) in [5.74, 6) is 0.136. The van der Waals surface area contributed by atoms with Crippen molar-refractivity contribution in [2.75, 3.05) is 20.3 Å². The maximum atomic E-state index is 11.4. The van der Waals surface area contributed by atoms with E-state index < -0.39 is 11.9 Å². The van der Waals surface area contributed by atoms with Crippen LogP contribution in [0.3, 0.4) is 0 Å². The monoisotopic (exact) mass is 263 g/mol. The number of carbonyl (C=O) groups is 1. The first kappa shape index (κ1) is 14.8. The van der Waals surface area contributed by atoms with Gasteiger partial charge in [-0.3, -0.25) is 4.79 Å². The molecule has 0 amide bonds. The highest BCUT2D eigenvalue weighted by molar-refractivity contribution is 5.75. The van der Waals surface area contributed by atoms with Gasteiger partial charge in [0.25, 0.3) is 0 Å². The summed E-state index contributed by atoms with van der Waals surface area (Å²) in [6.45, 7) is 2.26. The van der Waals surface area contributed by atoms with Crippen molar-refractivity contribution in [2.45, 2.75) is 13.3 Å². The maximum absolute atomic E-state index is 11.4. The predicted octanol–water partition coefficient (Wildman–Crippen LogP) is 2.17. The lowest BCUT2D eigenvalue weighted by Crippen LogP contribution is -2.18. The van der Waals surface area contributed by atoms with Crippen LogP contribution in [-0.4, -0.2) is 26.3 Å². The van der Waals surface area contributed by atoms with Gasteiger partial charge in [-0.15, -0.1) is 0 Å². The number of nitriles is 1. The van der Waals surface area contributed by atoms with E-state index in [0.29, 0.717) is 12.2 Å². The van der Waals surface area contributed by atoms with E-state index in [1.165, 1.54) is 0 Å². The second-order valence-corrected chi connectivity index (χ2v) is 3.75. The van der Waals surface area contributed by atoms with Crippen molar-refractivity contribution in [2.24, 2.45) is 5.92 Å². The zero-order chi connectivity index (χ0) is 14.1.